The van der Waals surface area contributed by atoms with Gasteiger partial charge in [0.2, 0.25) is 0 Å². The van der Waals surface area contributed by atoms with Gasteiger partial charge in [0.1, 0.15) is 10.5 Å². The molecule has 0 aromatic carbocycles. The summed E-state index contributed by atoms with van der Waals surface area (Å²) in [4.78, 5) is 30.8. The van der Waals surface area contributed by atoms with E-state index in [1.165, 1.54) is 23.3 Å². The monoisotopic (exact) mass is 283 g/mol. The predicted octanol–water partition coefficient (Wildman–Crippen LogP) is 1.22. The number of imide groups is 1. The van der Waals surface area contributed by atoms with E-state index in [0.29, 0.717) is 0 Å². The lowest BCUT2D eigenvalue weighted by Crippen LogP contribution is -2.47. The summed E-state index contributed by atoms with van der Waals surface area (Å²) >= 11 is 1.50. The van der Waals surface area contributed by atoms with E-state index in [2.05, 4.69) is 10.3 Å². The maximum atomic E-state index is 12.3. The summed E-state index contributed by atoms with van der Waals surface area (Å²) < 4.78 is 4.99. The van der Waals surface area contributed by atoms with E-state index in [-0.39, 0.29) is 19.1 Å². The molecule has 19 heavy (non-hydrogen) atoms. The number of aryl methyl sites for hydroxylation is 2. The molecule has 104 valence electrons. The lowest BCUT2D eigenvalue weighted by Gasteiger charge is -2.19. The summed E-state index contributed by atoms with van der Waals surface area (Å²) in [6, 6.07) is -0.393. The summed E-state index contributed by atoms with van der Waals surface area (Å²) in [6.45, 7) is 5.91. The molecule has 0 spiro atoms. The molecule has 3 amide bonds. The maximum Gasteiger partial charge on any atom is 0.325 e. The molecule has 0 radical (unpaired) electrons. The largest absolute Gasteiger partial charge is 0.382 e. The van der Waals surface area contributed by atoms with Gasteiger partial charge in [0.05, 0.1) is 18.8 Å². The Morgan fingerprint density at radius 2 is 2.11 bits per heavy atom. The number of hydrogen-bond donors (Lipinski definition) is 1. The lowest BCUT2D eigenvalue weighted by atomic mass is 10.0. The fourth-order valence-corrected chi connectivity index (χ4v) is 2.94. The minimum Gasteiger partial charge on any atom is -0.382 e. The maximum absolute atomic E-state index is 12.3. The highest BCUT2D eigenvalue weighted by Gasteiger charge is 2.48. The van der Waals surface area contributed by atoms with Gasteiger partial charge in [-0.2, -0.15) is 0 Å². The Hall–Kier alpha value is -1.47. The number of methoxy groups -OCH3 is 1. The molecule has 1 unspecified atom stereocenters. The Balaban J connectivity index is 2.17. The molecule has 6 nitrogen and oxygen atoms in total. The number of ether oxygens (including phenoxy) is 1. The number of nitrogens with zero attached hydrogens (tertiary/aromatic N) is 2. The lowest BCUT2D eigenvalue weighted by molar-refractivity contribution is -0.132. The number of nitrogens with one attached hydrogen (secondary N) is 1. The topological polar surface area (TPSA) is 71.5 Å². The molecule has 1 aromatic heterocycles. The Labute approximate surface area is 115 Å². The molecule has 2 heterocycles. The molecule has 1 aromatic rings. The first-order valence-corrected chi connectivity index (χ1v) is 6.75. The van der Waals surface area contributed by atoms with Crippen molar-refractivity contribution in [1.82, 2.24) is 15.2 Å². The smallest absolute Gasteiger partial charge is 0.325 e. The van der Waals surface area contributed by atoms with Gasteiger partial charge in [0, 0.05) is 12.0 Å². The van der Waals surface area contributed by atoms with Gasteiger partial charge < -0.3 is 10.1 Å². The van der Waals surface area contributed by atoms with Crippen LogP contribution in [0.3, 0.4) is 0 Å². The molecular formula is C12H17N3O3S. The standard InChI is InChI=1S/C12H17N3O3S/c1-7-8(2)19-9(13-7)5-15-10(16)12(3,6-18-4)14-11(15)17/h5-6H2,1-4H3,(H,14,17). The number of thiazole rings is 1. The van der Waals surface area contributed by atoms with E-state index < -0.39 is 11.6 Å². The molecule has 1 saturated heterocycles. The predicted molar refractivity (Wildman–Crippen MR) is 71.0 cm³/mol. The third kappa shape index (κ3) is 2.48. The molecule has 0 aliphatic carbocycles. The number of aromatic nitrogens is 1. The summed E-state index contributed by atoms with van der Waals surface area (Å²) in [7, 11) is 1.50. The average Bonchev–Trinajstić information content (AvgIpc) is 2.73. The number of rotatable bonds is 4. The average molecular weight is 283 g/mol. The van der Waals surface area contributed by atoms with E-state index in [4.69, 9.17) is 4.74 Å². The van der Waals surface area contributed by atoms with Gasteiger partial charge in [-0.1, -0.05) is 0 Å². The second-order valence-electron chi connectivity index (χ2n) is 4.84. The third-order valence-corrected chi connectivity index (χ3v) is 4.20. The third-order valence-electron chi connectivity index (χ3n) is 3.14. The normalized spacial score (nSPS) is 23.1. The van der Waals surface area contributed by atoms with Crippen molar-refractivity contribution in [3.05, 3.63) is 15.6 Å². The zero-order valence-corrected chi connectivity index (χ0v) is 12.3. The van der Waals surface area contributed by atoms with Crippen molar-refractivity contribution in [2.75, 3.05) is 13.7 Å². The van der Waals surface area contributed by atoms with Crippen LogP contribution in [0.1, 0.15) is 22.5 Å². The van der Waals surface area contributed by atoms with E-state index in [9.17, 15) is 9.59 Å². The first-order valence-electron chi connectivity index (χ1n) is 5.93. The van der Waals surface area contributed by atoms with Crippen LogP contribution in [0, 0.1) is 13.8 Å². The quantitative estimate of drug-likeness (QED) is 0.843. The van der Waals surface area contributed by atoms with Crippen LogP contribution in [0.25, 0.3) is 0 Å². The summed E-state index contributed by atoms with van der Waals surface area (Å²) in [5, 5.41) is 3.43. The molecule has 0 saturated carbocycles. The zero-order valence-electron chi connectivity index (χ0n) is 11.4. The highest BCUT2D eigenvalue weighted by atomic mass is 32.1. The first kappa shape index (κ1) is 14.0. The van der Waals surface area contributed by atoms with Crippen LogP contribution in [-0.4, -0.2) is 41.1 Å². The van der Waals surface area contributed by atoms with E-state index >= 15 is 0 Å². The number of hydrogen-bond acceptors (Lipinski definition) is 5. The minimum absolute atomic E-state index is 0.157. The fourth-order valence-electron chi connectivity index (χ4n) is 2.02. The van der Waals surface area contributed by atoms with Crippen LogP contribution in [0.5, 0.6) is 0 Å². The highest BCUT2D eigenvalue weighted by molar-refractivity contribution is 7.11. The number of carbonyl (C=O) groups excluding carboxylic acids is 2. The zero-order chi connectivity index (χ0) is 14.2. The van der Waals surface area contributed by atoms with Crippen molar-refractivity contribution in [3.63, 3.8) is 0 Å². The summed E-state index contributed by atoms with van der Waals surface area (Å²) in [5.41, 5.74) is -0.0422. The first-order chi connectivity index (χ1) is 8.87. The molecule has 1 fully saturated rings. The van der Waals surface area contributed by atoms with Gasteiger partial charge in [-0.15, -0.1) is 11.3 Å². The molecule has 1 aliphatic heterocycles. The Kier molecular flexibility index (Phi) is 3.60. The molecular weight excluding hydrogens is 266 g/mol. The van der Waals surface area contributed by atoms with Crippen molar-refractivity contribution in [3.8, 4) is 0 Å². The van der Waals surface area contributed by atoms with Gasteiger partial charge >= 0.3 is 6.03 Å². The minimum atomic E-state index is -0.979. The van der Waals surface area contributed by atoms with Gasteiger partial charge in [0.25, 0.3) is 5.91 Å². The van der Waals surface area contributed by atoms with Gasteiger partial charge in [-0.25, -0.2) is 9.78 Å². The number of carbonyl (C=O) groups is 2. The number of amides is 3. The van der Waals surface area contributed by atoms with Crippen LogP contribution in [0.4, 0.5) is 4.79 Å². The molecule has 1 N–H and O–H groups in total. The van der Waals surface area contributed by atoms with Crippen LogP contribution < -0.4 is 5.32 Å². The second-order valence-corrected chi connectivity index (χ2v) is 6.12. The van der Waals surface area contributed by atoms with Crippen molar-refractivity contribution < 1.29 is 14.3 Å². The summed E-state index contributed by atoms with van der Waals surface area (Å²) in [5.74, 6) is -0.273. The summed E-state index contributed by atoms with van der Waals surface area (Å²) in [6.07, 6.45) is 0. The van der Waals surface area contributed by atoms with Gasteiger partial charge in [0.15, 0.2) is 0 Å². The Morgan fingerprint density at radius 1 is 1.42 bits per heavy atom. The highest BCUT2D eigenvalue weighted by Crippen LogP contribution is 2.23. The molecule has 0 bridgehead atoms. The molecule has 1 atom stereocenters. The van der Waals surface area contributed by atoms with Crippen LogP contribution in [0.2, 0.25) is 0 Å². The number of urea groups is 1. The van der Waals surface area contributed by atoms with E-state index in [0.717, 1.165) is 15.6 Å². The SMILES string of the molecule is COCC1(C)NC(=O)N(Cc2nc(C)c(C)s2)C1=O. The Bertz CT molecular complexity index is 509. The Morgan fingerprint density at radius 3 is 2.63 bits per heavy atom. The van der Waals surface area contributed by atoms with Gasteiger partial charge in [-0.05, 0) is 20.8 Å². The van der Waals surface area contributed by atoms with E-state index in [1.54, 1.807) is 6.92 Å². The molecule has 1 aliphatic rings. The van der Waals surface area contributed by atoms with Crippen LogP contribution >= 0.6 is 11.3 Å². The van der Waals surface area contributed by atoms with Crippen LogP contribution in [-0.2, 0) is 16.1 Å². The van der Waals surface area contributed by atoms with Crippen molar-refractivity contribution >= 4 is 23.3 Å². The van der Waals surface area contributed by atoms with Crippen molar-refractivity contribution in [2.45, 2.75) is 32.9 Å². The molecule has 7 heteroatoms. The van der Waals surface area contributed by atoms with Crippen LogP contribution in [0.15, 0.2) is 0 Å². The van der Waals surface area contributed by atoms with Crippen molar-refractivity contribution in [1.29, 1.82) is 0 Å². The fraction of sp³-hybridized carbons (Fsp3) is 0.583. The van der Waals surface area contributed by atoms with E-state index in [1.807, 2.05) is 13.8 Å². The molecule has 2 rings (SSSR count). The van der Waals surface area contributed by atoms with Crippen molar-refractivity contribution in [2.24, 2.45) is 0 Å². The van der Waals surface area contributed by atoms with Gasteiger partial charge in [-0.3, -0.25) is 9.69 Å². The second kappa shape index (κ2) is 4.90.